The fraction of sp³-hybridized carbons (Fsp3) is 0.300. The maximum Gasteiger partial charge on any atom is 0.133 e. The Hall–Kier alpha value is -2.50. The first-order valence-electron chi connectivity index (χ1n) is 8.45. The van der Waals surface area contributed by atoms with Gasteiger partial charge < -0.3 is 9.72 Å². The lowest BCUT2D eigenvalue weighted by Gasteiger charge is -2.18. The number of aromatic nitrogens is 1. The second-order valence-corrected chi connectivity index (χ2v) is 6.24. The average Bonchev–Trinajstić information content (AvgIpc) is 3.00. The zero-order valence-electron chi connectivity index (χ0n) is 15.1. The maximum atomic E-state index is 9.70. The van der Waals surface area contributed by atoms with Crippen molar-refractivity contribution in [3.05, 3.63) is 53.2 Å². The summed E-state index contributed by atoms with van der Waals surface area (Å²) in [7, 11) is 1.41. The number of hydrogen-bond donors (Lipinski definition) is 2. The van der Waals surface area contributed by atoms with Crippen molar-refractivity contribution in [2.75, 3.05) is 12.3 Å². The number of ether oxygens (including phenoxy) is 1. The molecule has 25 heavy (non-hydrogen) atoms. The lowest BCUT2D eigenvalue weighted by Crippen LogP contribution is -2.16. The van der Waals surface area contributed by atoms with E-state index in [1.165, 1.54) is 18.1 Å². The molecule has 0 spiro atoms. The molecule has 0 radical (unpaired) electrons. The van der Waals surface area contributed by atoms with Crippen LogP contribution in [0.5, 0.6) is 11.5 Å². The number of aryl methyl sites for hydroxylation is 3. The summed E-state index contributed by atoms with van der Waals surface area (Å²) in [4.78, 5) is 8.13. The van der Waals surface area contributed by atoms with E-state index in [4.69, 9.17) is 9.57 Å². The number of fused-ring (bicyclic) bond motifs is 1. The molecule has 2 N–H and O–H groups in total. The van der Waals surface area contributed by atoms with Crippen molar-refractivity contribution < 1.29 is 14.8 Å². The SMILES string of the molecule is CCCc1c[nH]c2ccc(Oc3c(C)cc(N(O)OC)cc3C)cc12. The van der Waals surface area contributed by atoms with E-state index < -0.39 is 0 Å². The Morgan fingerprint density at radius 2 is 1.84 bits per heavy atom. The highest BCUT2D eigenvalue weighted by Crippen LogP contribution is 2.34. The van der Waals surface area contributed by atoms with Crippen molar-refractivity contribution in [3.63, 3.8) is 0 Å². The number of rotatable bonds is 6. The maximum absolute atomic E-state index is 9.70. The Labute approximate surface area is 147 Å². The molecule has 0 aliphatic rings. The van der Waals surface area contributed by atoms with Crippen LogP contribution in [0.15, 0.2) is 36.5 Å². The van der Waals surface area contributed by atoms with Gasteiger partial charge in [-0.1, -0.05) is 13.3 Å². The number of hydrogen-bond acceptors (Lipinski definition) is 4. The summed E-state index contributed by atoms with van der Waals surface area (Å²) in [5, 5.41) is 11.6. The average molecular weight is 340 g/mol. The molecular weight excluding hydrogens is 316 g/mol. The Morgan fingerprint density at radius 1 is 1.12 bits per heavy atom. The highest BCUT2D eigenvalue weighted by molar-refractivity contribution is 5.84. The van der Waals surface area contributed by atoms with Crippen molar-refractivity contribution in [1.29, 1.82) is 0 Å². The van der Waals surface area contributed by atoms with Gasteiger partial charge >= 0.3 is 0 Å². The second-order valence-electron chi connectivity index (χ2n) is 6.24. The standard InChI is InChI=1S/C20H24N2O3/c1-5-6-15-12-21-19-8-7-17(11-18(15)19)25-20-13(2)9-16(10-14(20)3)22(23)24-4/h7-12,21,23H,5-6H2,1-4H3. The van der Waals surface area contributed by atoms with Crippen LogP contribution in [-0.4, -0.2) is 17.3 Å². The molecule has 0 aliphatic heterocycles. The van der Waals surface area contributed by atoms with E-state index in [-0.39, 0.29) is 0 Å². The molecule has 5 nitrogen and oxygen atoms in total. The summed E-state index contributed by atoms with van der Waals surface area (Å²) in [6.45, 7) is 6.08. The van der Waals surface area contributed by atoms with Gasteiger partial charge in [-0.2, -0.15) is 0 Å². The van der Waals surface area contributed by atoms with Crippen molar-refractivity contribution in [1.82, 2.24) is 4.98 Å². The fourth-order valence-corrected chi connectivity index (χ4v) is 3.12. The molecular formula is C20H24N2O3. The quantitative estimate of drug-likeness (QED) is 0.599. The first kappa shape index (κ1) is 17.3. The molecule has 0 saturated heterocycles. The van der Waals surface area contributed by atoms with E-state index in [0.717, 1.165) is 46.2 Å². The molecule has 2 aromatic carbocycles. The van der Waals surface area contributed by atoms with Crippen molar-refractivity contribution in [2.24, 2.45) is 0 Å². The predicted molar refractivity (Wildman–Crippen MR) is 99.6 cm³/mol. The minimum absolute atomic E-state index is 0.566. The summed E-state index contributed by atoms with van der Waals surface area (Å²) in [5.41, 5.74) is 4.85. The zero-order chi connectivity index (χ0) is 18.0. The summed E-state index contributed by atoms with van der Waals surface area (Å²) >= 11 is 0. The summed E-state index contributed by atoms with van der Waals surface area (Å²) in [5.74, 6) is 1.59. The van der Waals surface area contributed by atoms with Crippen molar-refractivity contribution >= 4 is 16.6 Å². The Kier molecular flexibility index (Phi) is 4.97. The van der Waals surface area contributed by atoms with Gasteiger partial charge in [-0.15, -0.1) is 5.23 Å². The highest BCUT2D eigenvalue weighted by Gasteiger charge is 2.12. The van der Waals surface area contributed by atoms with E-state index in [1.54, 1.807) is 0 Å². The minimum Gasteiger partial charge on any atom is -0.457 e. The molecule has 0 saturated carbocycles. The van der Waals surface area contributed by atoms with Gasteiger partial charge in [0.15, 0.2) is 0 Å². The fourth-order valence-electron chi connectivity index (χ4n) is 3.12. The third kappa shape index (κ3) is 3.48. The molecule has 3 rings (SSSR count). The summed E-state index contributed by atoms with van der Waals surface area (Å²) in [6, 6.07) is 9.74. The van der Waals surface area contributed by atoms with Crippen LogP contribution in [0.2, 0.25) is 0 Å². The molecule has 5 heteroatoms. The predicted octanol–water partition coefficient (Wildman–Crippen LogP) is 5.29. The third-order valence-corrected chi connectivity index (χ3v) is 4.32. The van der Waals surface area contributed by atoms with Crippen LogP contribution in [0.3, 0.4) is 0 Å². The lowest BCUT2D eigenvalue weighted by atomic mass is 10.1. The molecule has 0 unspecified atom stereocenters. The van der Waals surface area contributed by atoms with E-state index >= 15 is 0 Å². The van der Waals surface area contributed by atoms with E-state index in [2.05, 4.69) is 24.2 Å². The lowest BCUT2D eigenvalue weighted by molar-refractivity contribution is -0.0110. The van der Waals surface area contributed by atoms with E-state index in [0.29, 0.717) is 5.69 Å². The van der Waals surface area contributed by atoms with Gasteiger partial charge in [0.25, 0.3) is 0 Å². The number of anilines is 1. The van der Waals surface area contributed by atoms with E-state index in [1.807, 2.05) is 38.1 Å². The Morgan fingerprint density at radius 3 is 2.48 bits per heavy atom. The molecule has 0 bridgehead atoms. The number of nitrogens with one attached hydrogen (secondary N) is 1. The normalized spacial score (nSPS) is 11.1. The smallest absolute Gasteiger partial charge is 0.133 e. The van der Waals surface area contributed by atoms with Gasteiger partial charge in [-0.3, -0.25) is 10.0 Å². The number of benzene rings is 2. The summed E-state index contributed by atoms with van der Waals surface area (Å²) in [6.07, 6.45) is 4.22. The van der Waals surface area contributed by atoms with Crippen LogP contribution in [0.4, 0.5) is 5.69 Å². The van der Waals surface area contributed by atoms with Crippen molar-refractivity contribution in [3.8, 4) is 11.5 Å². The van der Waals surface area contributed by atoms with Gasteiger partial charge in [-0.05, 0) is 67.3 Å². The molecule has 0 aliphatic carbocycles. The van der Waals surface area contributed by atoms with Gasteiger partial charge in [-0.25, -0.2) is 0 Å². The third-order valence-electron chi connectivity index (χ3n) is 4.32. The van der Waals surface area contributed by atoms with Crippen LogP contribution >= 0.6 is 0 Å². The van der Waals surface area contributed by atoms with Crippen LogP contribution in [0.25, 0.3) is 10.9 Å². The number of H-pyrrole nitrogens is 1. The summed E-state index contributed by atoms with van der Waals surface area (Å²) < 4.78 is 6.16. The van der Waals surface area contributed by atoms with Crippen LogP contribution in [-0.2, 0) is 11.3 Å². The molecule has 0 atom stereocenters. The topological polar surface area (TPSA) is 57.7 Å². The van der Waals surface area contributed by atoms with E-state index in [9.17, 15) is 5.21 Å². The van der Waals surface area contributed by atoms with Gasteiger partial charge in [0.2, 0.25) is 0 Å². The van der Waals surface area contributed by atoms with Gasteiger partial charge in [0, 0.05) is 17.1 Å². The number of aromatic amines is 1. The molecule has 132 valence electrons. The first-order valence-corrected chi connectivity index (χ1v) is 8.45. The number of nitrogens with zero attached hydrogens (tertiary/aromatic N) is 1. The van der Waals surface area contributed by atoms with Gasteiger partial charge in [0.05, 0.1) is 12.8 Å². The molecule has 0 amide bonds. The Balaban J connectivity index is 1.94. The zero-order valence-corrected chi connectivity index (χ0v) is 15.1. The van der Waals surface area contributed by atoms with Crippen LogP contribution in [0.1, 0.15) is 30.0 Å². The monoisotopic (exact) mass is 340 g/mol. The molecule has 0 fully saturated rings. The van der Waals surface area contributed by atoms with Gasteiger partial charge in [0.1, 0.15) is 11.5 Å². The molecule has 3 aromatic rings. The molecule has 1 aromatic heterocycles. The van der Waals surface area contributed by atoms with Crippen molar-refractivity contribution in [2.45, 2.75) is 33.6 Å². The van der Waals surface area contributed by atoms with Crippen LogP contribution < -0.4 is 9.96 Å². The largest absolute Gasteiger partial charge is 0.457 e. The molecule has 1 heterocycles. The van der Waals surface area contributed by atoms with Crippen LogP contribution in [0, 0.1) is 13.8 Å². The highest BCUT2D eigenvalue weighted by atomic mass is 16.9. The first-order chi connectivity index (χ1) is 12.0. The minimum atomic E-state index is 0.566. The Bertz CT molecular complexity index is 863. The second kappa shape index (κ2) is 7.17.